The fourth-order valence-corrected chi connectivity index (χ4v) is 3.98. The average molecular weight is 334 g/mol. The summed E-state index contributed by atoms with van der Waals surface area (Å²) in [7, 11) is -7.56. The second kappa shape index (κ2) is 6.01. The molecular formula is C12H18N2O5S2. The Hall–Kier alpha value is -1.00. The van der Waals surface area contributed by atoms with Gasteiger partial charge in [0.15, 0.2) is 0 Å². The highest BCUT2D eigenvalue weighted by Gasteiger charge is 2.27. The Bertz CT molecular complexity index is 692. The average Bonchev–Trinajstić information content (AvgIpc) is 2.91. The van der Waals surface area contributed by atoms with E-state index in [1.54, 1.807) is 6.92 Å². The van der Waals surface area contributed by atoms with Gasteiger partial charge in [0.05, 0.1) is 15.9 Å². The number of benzene rings is 1. The highest BCUT2D eigenvalue weighted by Crippen LogP contribution is 2.18. The van der Waals surface area contributed by atoms with Crippen LogP contribution in [-0.2, 0) is 24.8 Å². The summed E-state index contributed by atoms with van der Waals surface area (Å²) >= 11 is 0. The molecule has 21 heavy (non-hydrogen) atoms. The van der Waals surface area contributed by atoms with Crippen LogP contribution < -0.4 is 9.86 Å². The lowest BCUT2D eigenvalue weighted by Crippen LogP contribution is -2.40. The highest BCUT2D eigenvalue weighted by atomic mass is 32.2. The van der Waals surface area contributed by atoms with E-state index in [9.17, 15) is 16.8 Å². The Kier molecular flexibility index (Phi) is 4.69. The molecule has 2 rings (SSSR count). The van der Waals surface area contributed by atoms with Crippen molar-refractivity contribution in [2.45, 2.75) is 41.7 Å². The summed E-state index contributed by atoms with van der Waals surface area (Å²) in [5.74, 6) is 0. The smallest absolute Gasteiger partial charge is 0.240 e. The molecule has 0 amide bonds. The van der Waals surface area contributed by atoms with Gasteiger partial charge in [-0.15, -0.1) is 0 Å². The number of hydrogen-bond donors (Lipinski definition) is 2. The summed E-state index contributed by atoms with van der Waals surface area (Å²) in [5, 5.41) is 4.97. The van der Waals surface area contributed by atoms with Gasteiger partial charge in [0.25, 0.3) is 0 Å². The number of nitrogens with two attached hydrogens (primary N) is 1. The van der Waals surface area contributed by atoms with Crippen LogP contribution in [0.1, 0.15) is 19.8 Å². The quantitative estimate of drug-likeness (QED) is 0.797. The number of hydrogen-bond acceptors (Lipinski definition) is 5. The number of nitrogens with one attached hydrogen (secondary N) is 1. The van der Waals surface area contributed by atoms with Crippen LogP contribution >= 0.6 is 0 Å². The zero-order chi connectivity index (χ0) is 15.7. The van der Waals surface area contributed by atoms with Crippen molar-refractivity contribution in [3.63, 3.8) is 0 Å². The maximum atomic E-state index is 12.2. The first-order chi connectivity index (χ1) is 9.70. The zero-order valence-corrected chi connectivity index (χ0v) is 13.2. The van der Waals surface area contributed by atoms with Gasteiger partial charge in [-0.3, -0.25) is 0 Å². The fraction of sp³-hybridized carbons (Fsp3) is 0.500. The fourth-order valence-electron chi connectivity index (χ4n) is 2.19. The topological polar surface area (TPSA) is 116 Å². The van der Waals surface area contributed by atoms with Crippen molar-refractivity contribution in [2.75, 3.05) is 6.61 Å². The zero-order valence-electron chi connectivity index (χ0n) is 11.5. The van der Waals surface area contributed by atoms with Gasteiger partial charge in [-0.2, -0.15) is 0 Å². The monoisotopic (exact) mass is 334 g/mol. The van der Waals surface area contributed by atoms with Gasteiger partial charge in [-0.05, 0) is 44.0 Å². The van der Waals surface area contributed by atoms with E-state index >= 15 is 0 Å². The second-order valence-corrected chi connectivity index (χ2v) is 8.25. The number of sulfonamides is 2. The molecule has 118 valence electrons. The first-order valence-corrected chi connectivity index (χ1v) is 9.50. The third-order valence-corrected chi connectivity index (χ3v) is 5.83. The molecule has 1 aliphatic rings. The van der Waals surface area contributed by atoms with E-state index in [4.69, 9.17) is 9.88 Å². The molecule has 0 bridgehead atoms. The second-order valence-electron chi connectivity index (χ2n) is 4.98. The van der Waals surface area contributed by atoms with Gasteiger partial charge in [-0.25, -0.2) is 26.7 Å². The highest BCUT2D eigenvalue weighted by molar-refractivity contribution is 7.89. The first kappa shape index (κ1) is 16.4. The summed E-state index contributed by atoms with van der Waals surface area (Å²) in [4.78, 5) is -0.145. The summed E-state index contributed by atoms with van der Waals surface area (Å²) in [6.45, 7) is 2.38. The van der Waals surface area contributed by atoms with Crippen LogP contribution in [0, 0.1) is 0 Å². The predicted octanol–water partition coefficient (Wildman–Crippen LogP) is 0.180. The summed E-state index contributed by atoms with van der Waals surface area (Å²) in [6.07, 6.45) is 1.59. The largest absolute Gasteiger partial charge is 0.377 e. The third kappa shape index (κ3) is 4.01. The van der Waals surface area contributed by atoms with Crippen LogP contribution in [0.3, 0.4) is 0 Å². The van der Waals surface area contributed by atoms with E-state index in [1.165, 1.54) is 24.3 Å². The lowest BCUT2D eigenvalue weighted by Gasteiger charge is -2.20. The van der Waals surface area contributed by atoms with Gasteiger partial charge in [0.2, 0.25) is 20.0 Å². The van der Waals surface area contributed by atoms with Crippen molar-refractivity contribution in [2.24, 2.45) is 5.14 Å². The maximum Gasteiger partial charge on any atom is 0.240 e. The van der Waals surface area contributed by atoms with E-state index in [0.717, 1.165) is 12.8 Å². The van der Waals surface area contributed by atoms with E-state index in [2.05, 4.69) is 4.72 Å². The Morgan fingerprint density at radius 2 is 1.76 bits per heavy atom. The molecule has 1 fully saturated rings. The van der Waals surface area contributed by atoms with Gasteiger partial charge >= 0.3 is 0 Å². The van der Waals surface area contributed by atoms with Crippen molar-refractivity contribution >= 4 is 20.0 Å². The molecule has 0 saturated carbocycles. The molecule has 1 aromatic rings. The Morgan fingerprint density at radius 1 is 1.19 bits per heavy atom. The SMILES string of the molecule is CC(NS(=O)(=O)c1ccc(S(N)(=O)=O)cc1)C1CCCO1. The molecule has 3 N–H and O–H groups in total. The lowest BCUT2D eigenvalue weighted by atomic mass is 10.1. The van der Waals surface area contributed by atoms with Crippen LogP contribution in [0.25, 0.3) is 0 Å². The van der Waals surface area contributed by atoms with E-state index in [0.29, 0.717) is 6.61 Å². The molecule has 1 aliphatic heterocycles. The molecule has 2 unspecified atom stereocenters. The van der Waals surface area contributed by atoms with Crippen LogP contribution in [0.5, 0.6) is 0 Å². The molecule has 0 spiro atoms. The summed E-state index contributed by atoms with van der Waals surface area (Å²) in [5.41, 5.74) is 0. The van der Waals surface area contributed by atoms with Crippen LogP contribution in [0.4, 0.5) is 0 Å². The molecule has 7 nitrogen and oxygen atoms in total. The minimum absolute atomic E-state index is 0.0141. The molecule has 0 radical (unpaired) electrons. The third-order valence-electron chi connectivity index (χ3n) is 3.33. The molecule has 9 heteroatoms. The van der Waals surface area contributed by atoms with E-state index in [-0.39, 0.29) is 21.9 Å². The van der Waals surface area contributed by atoms with Crippen molar-refractivity contribution in [1.29, 1.82) is 0 Å². The van der Waals surface area contributed by atoms with Crippen LogP contribution in [-0.4, -0.2) is 35.6 Å². The summed E-state index contributed by atoms with van der Waals surface area (Å²) in [6, 6.07) is 4.41. The Labute approximate surface area is 124 Å². The lowest BCUT2D eigenvalue weighted by molar-refractivity contribution is 0.0902. The van der Waals surface area contributed by atoms with Gasteiger partial charge in [0.1, 0.15) is 0 Å². The molecule has 0 aliphatic carbocycles. The van der Waals surface area contributed by atoms with Crippen molar-refractivity contribution in [3.8, 4) is 0 Å². The minimum Gasteiger partial charge on any atom is -0.377 e. The van der Waals surface area contributed by atoms with Gasteiger partial charge in [-0.1, -0.05) is 0 Å². The molecular weight excluding hydrogens is 316 g/mol. The number of rotatable bonds is 5. The molecule has 1 heterocycles. The standard InChI is InChI=1S/C12H18N2O5S2/c1-9(12-3-2-8-19-12)14-21(17,18)11-6-4-10(5-7-11)20(13,15)16/h4-7,9,12,14H,2-3,8H2,1H3,(H2,13,15,16). The molecule has 2 atom stereocenters. The number of primary sulfonamides is 1. The van der Waals surface area contributed by atoms with Gasteiger partial charge in [0, 0.05) is 12.6 Å². The van der Waals surface area contributed by atoms with Crippen molar-refractivity contribution in [1.82, 2.24) is 4.72 Å². The van der Waals surface area contributed by atoms with Gasteiger partial charge < -0.3 is 4.74 Å². The number of ether oxygens (including phenoxy) is 1. The molecule has 0 aromatic heterocycles. The Balaban J connectivity index is 2.15. The molecule has 1 aromatic carbocycles. The Morgan fingerprint density at radius 3 is 2.24 bits per heavy atom. The molecule has 1 saturated heterocycles. The van der Waals surface area contributed by atoms with E-state index in [1.807, 2.05) is 0 Å². The van der Waals surface area contributed by atoms with Crippen molar-refractivity contribution in [3.05, 3.63) is 24.3 Å². The van der Waals surface area contributed by atoms with E-state index < -0.39 is 20.0 Å². The first-order valence-electron chi connectivity index (χ1n) is 6.47. The predicted molar refractivity (Wildman–Crippen MR) is 76.6 cm³/mol. The van der Waals surface area contributed by atoms with Crippen molar-refractivity contribution < 1.29 is 21.6 Å². The summed E-state index contributed by atoms with van der Waals surface area (Å²) < 4.78 is 54.7. The minimum atomic E-state index is -3.84. The maximum absolute atomic E-state index is 12.2. The van der Waals surface area contributed by atoms with Crippen LogP contribution in [0.15, 0.2) is 34.1 Å². The normalized spacial score (nSPS) is 21.3. The van der Waals surface area contributed by atoms with Crippen LogP contribution in [0.2, 0.25) is 0 Å².